The van der Waals surface area contributed by atoms with Crippen molar-refractivity contribution in [2.45, 2.75) is 19.8 Å². The predicted molar refractivity (Wildman–Crippen MR) is 70.0 cm³/mol. The van der Waals surface area contributed by atoms with Gasteiger partial charge >= 0.3 is 0 Å². The summed E-state index contributed by atoms with van der Waals surface area (Å²) >= 11 is 0. The topological polar surface area (TPSA) is 17.1 Å². The monoisotopic (exact) mass is 224 g/mol. The van der Waals surface area contributed by atoms with Gasteiger partial charge in [-0.3, -0.25) is 4.79 Å². The Morgan fingerprint density at radius 3 is 1.94 bits per heavy atom. The third-order valence-electron chi connectivity index (χ3n) is 2.77. The fraction of sp³-hybridized carbons (Fsp3) is 0.188. The summed E-state index contributed by atoms with van der Waals surface area (Å²) in [5, 5.41) is 0. The molecule has 0 aliphatic carbocycles. The number of hydrogen-bond acceptors (Lipinski definition) is 1. The van der Waals surface area contributed by atoms with Crippen molar-refractivity contribution in [1.82, 2.24) is 0 Å². The lowest BCUT2D eigenvalue weighted by Gasteiger charge is -2.02. The van der Waals surface area contributed by atoms with Gasteiger partial charge in [0.2, 0.25) is 0 Å². The van der Waals surface area contributed by atoms with Gasteiger partial charge in [-0.1, -0.05) is 60.2 Å². The third-order valence-corrected chi connectivity index (χ3v) is 2.77. The van der Waals surface area contributed by atoms with Crippen LogP contribution in [0.2, 0.25) is 0 Å². The number of aryl methyl sites for hydroxylation is 1. The van der Waals surface area contributed by atoms with Gasteiger partial charge in [0.15, 0.2) is 0 Å². The molecular weight excluding hydrogens is 208 g/mol. The fourth-order valence-corrected chi connectivity index (χ4v) is 1.82. The number of hydrogen-bond donors (Lipinski definition) is 0. The zero-order valence-corrected chi connectivity index (χ0v) is 10.0. The highest BCUT2D eigenvalue weighted by Crippen LogP contribution is 2.07. The van der Waals surface area contributed by atoms with Crippen LogP contribution in [0.4, 0.5) is 0 Å². The van der Waals surface area contributed by atoms with Crippen molar-refractivity contribution in [2.24, 2.45) is 0 Å². The average molecular weight is 224 g/mol. The first kappa shape index (κ1) is 11.6. The lowest BCUT2D eigenvalue weighted by molar-refractivity contribution is -0.117. The van der Waals surface area contributed by atoms with Crippen LogP contribution >= 0.6 is 0 Å². The first-order chi connectivity index (χ1) is 8.24. The Morgan fingerprint density at radius 1 is 0.824 bits per heavy atom. The molecule has 0 spiro atoms. The maximum Gasteiger partial charge on any atom is 0.141 e. The molecule has 1 nitrogen and oxygen atoms in total. The molecule has 86 valence electrons. The highest BCUT2D eigenvalue weighted by atomic mass is 16.1. The SMILES string of the molecule is Cc1ccc(CC(=O)Cc2ccccc2)cc1. The van der Waals surface area contributed by atoms with Gasteiger partial charge in [-0.25, -0.2) is 0 Å². The number of ketones is 1. The van der Waals surface area contributed by atoms with E-state index in [0.29, 0.717) is 12.8 Å². The van der Waals surface area contributed by atoms with Gasteiger partial charge in [0.05, 0.1) is 0 Å². The van der Waals surface area contributed by atoms with E-state index in [0.717, 1.165) is 11.1 Å². The van der Waals surface area contributed by atoms with E-state index in [1.807, 2.05) is 54.6 Å². The second kappa shape index (κ2) is 5.44. The van der Waals surface area contributed by atoms with E-state index in [1.54, 1.807) is 0 Å². The molecule has 0 N–H and O–H groups in total. The maximum absolute atomic E-state index is 11.9. The normalized spacial score (nSPS) is 10.2. The summed E-state index contributed by atoms with van der Waals surface area (Å²) in [5.41, 5.74) is 3.41. The van der Waals surface area contributed by atoms with Crippen molar-refractivity contribution in [2.75, 3.05) is 0 Å². The summed E-state index contributed by atoms with van der Waals surface area (Å²) in [4.78, 5) is 11.9. The summed E-state index contributed by atoms with van der Waals surface area (Å²) in [6, 6.07) is 18.0. The summed E-state index contributed by atoms with van der Waals surface area (Å²) in [6.07, 6.45) is 1.05. The molecule has 0 aliphatic rings. The molecule has 0 saturated heterocycles. The van der Waals surface area contributed by atoms with Crippen LogP contribution < -0.4 is 0 Å². The lowest BCUT2D eigenvalue weighted by Crippen LogP contribution is -2.06. The highest BCUT2D eigenvalue weighted by molar-refractivity contribution is 5.83. The second-order valence-electron chi connectivity index (χ2n) is 4.36. The Bertz CT molecular complexity index is 483. The molecule has 2 rings (SSSR count). The van der Waals surface area contributed by atoms with Crippen LogP contribution in [0.15, 0.2) is 54.6 Å². The van der Waals surface area contributed by atoms with Crippen LogP contribution in [0.3, 0.4) is 0 Å². The third kappa shape index (κ3) is 3.56. The largest absolute Gasteiger partial charge is 0.299 e. The lowest BCUT2D eigenvalue weighted by atomic mass is 10.0. The van der Waals surface area contributed by atoms with E-state index < -0.39 is 0 Å². The van der Waals surface area contributed by atoms with Gasteiger partial charge in [0.1, 0.15) is 5.78 Å². The molecule has 1 heteroatoms. The van der Waals surface area contributed by atoms with E-state index in [2.05, 4.69) is 6.92 Å². The van der Waals surface area contributed by atoms with E-state index in [9.17, 15) is 4.79 Å². The number of carbonyl (C=O) groups is 1. The summed E-state index contributed by atoms with van der Waals surface area (Å²) < 4.78 is 0. The van der Waals surface area contributed by atoms with E-state index in [1.165, 1.54) is 5.56 Å². The molecule has 0 aliphatic heterocycles. The first-order valence-corrected chi connectivity index (χ1v) is 5.85. The second-order valence-corrected chi connectivity index (χ2v) is 4.36. The van der Waals surface area contributed by atoms with E-state index in [4.69, 9.17) is 0 Å². The van der Waals surface area contributed by atoms with Crippen molar-refractivity contribution in [1.29, 1.82) is 0 Å². The van der Waals surface area contributed by atoms with E-state index >= 15 is 0 Å². The zero-order chi connectivity index (χ0) is 12.1. The molecule has 0 radical (unpaired) electrons. The Kier molecular flexibility index (Phi) is 3.71. The number of benzene rings is 2. The summed E-state index contributed by atoms with van der Waals surface area (Å²) in [7, 11) is 0. The van der Waals surface area contributed by atoms with Crippen LogP contribution in [-0.4, -0.2) is 5.78 Å². The van der Waals surface area contributed by atoms with Crippen LogP contribution in [0.5, 0.6) is 0 Å². The van der Waals surface area contributed by atoms with Gasteiger partial charge in [-0.05, 0) is 18.1 Å². The van der Waals surface area contributed by atoms with Gasteiger partial charge in [-0.15, -0.1) is 0 Å². The molecule has 0 bridgehead atoms. The minimum Gasteiger partial charge on any atom is -0.299 e. The standard InChI is InChI=1S/C16H16O/c1-13-7-9-15(10-8-13)12-16(17)11-14-5-3-2-4-6-14/h2-10H,11-12H2,1H3. The van der Waals surface area contributed by atoms with Crippen molar-refractivity contribution in [3.63, 3.8) is 0 Å². The van der Waals surface area contributed by atoms with Gasteiger partial charge in [0.25, 0.3) is 0 Å². The molecule has 0 amide bonds. The summed E-state index contributed by atoms with van der Waals surface area (Å²) in [5.74, 6) is 0.264. The minimum atomic E-state index is 0.264. The van der Waals surface area contributed by atoms with Crippen LogP contribution in [0, 0.1) is 6.92 Å². The Labute approximate surface area is 102 Å². The zero-order valence-electron chi connectivity index (χ0n) is 10.0. The van der Waals surface area contributed by atoms with Crippen molar-refractivity contribution < 1.29 is 4.79 Å². The first-order valence-electron chi connectivity index (χ1n) is 5.85. The molecule has 0 unspecified atom stereocenters. The van der Waals surface area contributed by atoms with Gasteiger partial charge in [0, 0.05) is 12.8 Å². The predicted octanol–water partition coefficient (Wildman–Crippen LogP) is 3.35. The number of Topliss-reactive ketones (excluding diaryl/α,β-unsaturated/α-hetero) is 1. The Balaban J connectivity index is 1.96. The van der Waals surface area contributed by atoms with Gasteiger partial charge in [-0.2, -0.15) is 0 Å². The molecule has 2 aromatic carbocycles. The maximum atomic E-state index is 11.9. The number of rotatable bonds is 4. The molecular formula is C16H16O. The molecule has 0 heterocycles. The number of carbonyl (C=O) groups excluding carboxylic acids is 1. The van der Waals surface area contributed by atoms with Crippen molar-refractivity contribution >= 4 is 5.78 Å². The van der Waals surface area contributed by atoms with Crippen molar-refractivity contribution in [3.05, 3.63) is 71.3 Å². The van der Waals surface area contributed by atoms with Crippen LogP contribution in [0.25, 0.3) is 0 Å². The molecule has 0 atom stereocenters. The highest BCUT2D eigenvalue weighted by Gasteiger charge is 2.04. The smallest absolute Gasteiger partial charge is 0.141 e. The molecule has 0 fully saturated rings. The van der Waals surface area contributed by atoms with Gasteiger partial charge < -0.3 is 0 Å². The molecule has 2 aromatic rings. The van der Waals surface area contributed by atoms with Crippen LogP contribution in [0.1, 0.15) is 16.7 Å². The Hall–Kier alpha value is -1.89. The van der Waals surface area contributed by atoms with E-state index in [-0.39, 0.29) is 5.78 Å². The summed E-state index contributed by atoms with van der Waals surface area (Å²) in [6.45, 7) is 2.05. The van der Waals surface area contributed by atoms with Crippen molar-refractivity contribution in [3.8, 4) is 0 Å². The molecule has 17 heavy (non-hydrogen) atoms. The molecule has 0 saturated carbocycles. The Morgan fingerprint density at radius 2 is 1.35 bits per heavy atom. The minimum absolute atomic E-state index is 0.264. The average Bonchev–Trinajstić information content (AvgIpc) is 2.33. The van der Waals surface area contributed by atoms with Crippen LogP contribution in [-0.2, 0) is 17.6 Å². The fourth-order valence-electron chi connectivity index (χ4n) is 1.82. The quantitative estimate of drug-likeness (QED) is 0.778. The molecule has 0 aromatic heterocycles.